The zero-order valence-electron chi connectivity index (χ0n) is 8.32. The first kappa shape index (κ1) is 9.00. The molecule has 3 nitrogen and oxygen atoms in total. The van der Waals surface area contributed by atoms with Crippen LogP contribution in [-0.4, -0.2) is 37.1 Å². The van der Waals surface area contributed by atoms with Gasteiger partial charge in [-0.3, -0.25) is 9.69 Å². The first-order valence-corrected chi connectivity index (χ1v) is 5.04. The van der Waals surface area contributed by atoms with Crippen LogP contribution >= 0.6 is 0 Å². The van der Waals surface area contributed by atoms with Crippen molar-refractivity contribution in [2.45, 2.75) is 37.8 Å². The molecule has 2 bridgehead atoms. The average Bonchev–Trinajstić information content (AvgIpc) is 2.41. The number of rotatable bonds is 1. The SMILES string of the molecule is COC(=O)[C@H]1CCC2CC[C@H]1N2C. The molecule has 3 atom stereocenters. The third kappa shape index (κ3) is 1.35. The van der Waals surface area contributed by atoms with Gasteiger partial charge in [-0.2, -0.15) is 0 Å². The van der Waals surface area contributed by atoms with E-state index in [9.17, 15) is 4.79 Å². The normalized spacial score (nSPS) is 39.1. The molecule has 0 saturated carbocycles. The van der Waals surface area contributed by atoms with E-state index in [1.54, 1.807) is 0 Å². The first-order chi connectivity index (χ1) is 6.24. The van der Waals surface area contributed by atoms with E-state index in [4.69, 9.17) is 4.74 Å². The van der Waals surface area contributed by atoms with Gasteiger partial charge in [0.25, 0.3) is 0 Å². The maximum atomic E-state index is 11.5. The van der Waals surface area contributed by atoms with E-state index in [1.807, 2.05) is 0 Å². The van der Waals surface area contributed by atoms with Crippen molar-refractivity contribution in [1.82, 2.24) is 4.90 Å². The summed E-state index contributed by atoms with van der Waals surface area (Å²) >= 11 is 0. The fourth-order valence-corrected chi connectivity index (χ4v) is 2.86. The predicted octanol–water partition coefficient (Wildman–Crippen LogP) is 1.03. The fourth-order valence-electron chi connectivity index (χ4n) is 2.86. The maximum absolute atomic E-state index is 11.5. The standard InChI is InChI=1S/C10H17NO2/c1-11-7-3-5-8(10(12)13-2)9(11)6-4-7/h7-9H,3-6H2,1-2H3/t7?,8-,9+/m0/s1. The lowest BCUT2D eigenvalue weighted by molar-refractivity contribution is -0.149. The summed E-state index contributed by atoms with van der Waals surface area (Å²) in [5, 5.41) is 0. The van der Waals surface area contributed by atoms with Gasteiger partial charge in [0.05, 0.1) is 13.0 Å². The topological polar surface area (TPSA) is 29.5 Å². The lowest BCUT2D eigenvalue weighted by Gasteiger charge is -2.35. The van der Waals surface area contributed by atoms with E-state index in [0.29, 0.717) is 6.04 Å². The number of fused-ring (bicyclic) bond motifs is 2. The molecule has 13 heavy (non-hydrogen) atoms. The lowest BCUT2D eigenvalue weighted by Crippen LogP contribution is -2.45. The minimum Gasteiger partial charge on any atom is -0.469 e. The molecule has 2 aliphatic heterocycles. The number of methoxy groups -OCH3 is 1. The highest BCUT2D eigenvalue weighted by atomic mass is 16.5. The van der Waals surface area contributed by atoms with E-state index in [2.05, 4.69) is 11.9 Å². The number of nitrogens with zero attached hydrogens (tertiary/aromatic N) is 1. The zero-order valence-corrected chi connectivity index (χ0v) is 8.32. The molecule has 2 aliphatic rings. The molecule has 0 aromatic carbocycles. The number of ether oxygens (including phenoxy) is 1. The molecule has 2 heterocycles. The van der Waals surface area contributed by atoms with Crippen molar-refractivity contribution >= 4 is 5.97 Å². The Kier molecular flexibility index (Phi) is 2.28. The molecule has 3 heteroatoms. The van der Waals surface area contributed by atoms with E-state index in [0.717, 1.165) is 18.9 Å². The number of carbonyl (C=O) groups excluding carboxylic acids is 1. The van der Waals surface area contributed by atoms with Gasteiger partial charge in [-0.05, 0) is 32.7 Å². The Morgan fingerprint density at radius 1 is 1.31 bits per heavy atom. The van der Waals surface area contributed by atoms with Crippen LogP contribution in [0.4, 0.5) is 0 Å². The van der Waals surface area contributed by atoms with Gasteiger partial charge in [-0.25, -0.2) is 0 Å². The second-order valence-corrected chi connectivity index (χ2v) is 4.17. The summed E-state index contributed by atoms with van der Waals surface area (Å²) in [5.41, 5.74) is 0. The Morgan fingerprint density at radius 2 is 2.00 bits per heavy atom. The number of carbonyl (C=O) groups is 1. The molecule has 2 saturated heterocycles. The van der Waals surface area contributed by atoms with Crippen molar-refractivity contribution < 1.29 is 9.53 Å². The van der Waals surface area contributed by atoms with Crippen molar-refractivity contribution in [1.29, 1.82) is 0 Å². The monoisotopic (exact) mass is 183 g/mol. The molecule has 0 radical (unpaired) electrons. The highest BCUT2D eigenvalue weighted by molar-refractivity contribution is 5.73. The Labute approximate surface area is 79.0 Å². The highest BCUT2D eigenvalue weighted by Crippen LogP contribution is 2.38. The fraction of sp³-hybridized carbons (Fsp3) is 0.900. The molecule has 2 rings (SSSR count). The van der Waals surface area contributed by atoms with Crippen molar-refractivity contribution in [3.8, 4) is 0 Å². The first-order valence-electron chi connectivity index (χ1n) is 5.04. The van der Waals surface area contributed by atoms with Crippen LogP contribution < -0.4 is 0 Å². The van der Waals surface area contributed by atoms with Gasteiger partial charge in [-0.1, -0.05) is 0 Å². The van der Waals surface area contributed by atoms with Crippen LogP contribution in [0.1, 0.15) is 25.7 Å². The van der Waals surface area contributed by atoms with Crippen LogP contribution in [-0.2, 0) is 9.53 Å². The van der Waals surface area contributed by atoms with Crippen molar-refractivity contribution in [2.75, 3.05) is 14.2 Å². The Balaban J connectivity index is 2.10. The largest absolute Gasteiger partial charge is 0.469 e. The average molecular weight is 183 g/mol. The Morgan fingerprint density at radius 3 is 2.69 bits per heavy atom. The van der Waals surface area contributed by atoms with Gasteiger partial charge < -0.3 is 4.74 Å². The van der Waals surface area contributed by atoms with Gasteiger partial charge in [0.1, 0.15) is 0 Å². The zero-order chi connectivity index (χ0) is 9.42. The van der Waals surface area contributed by atoms with Gasteiger partial charge in [-0.15, -0.1) is 0 Å². The molecule has 0 aromatic heterocycles. The molecule has 1 unspecified atom stereocenters. The Hall–Kier alpha value is -0.570. The van der Waals surface area contributed by atoms with Crippen LogP contribution in [0.25, 0.3) is 0 Å². The van der Waals surface area contributed by atoms with Crippen LogP contribution in [0.3, 0.4) is 0 Å². The molecule has 0 aromatic rings. The second kappa shape index (κ2) is 3.29. The molecule has 0 spiro atoms. The summed E-state index contributed by atoms with van der Waals surface area (Å²) in [6, 6.07) is 1.18. The van der Waals surface area contributed by atoms with Gasteiger partial charge in [0.2, 0.25) is 0 Å². The minimum absolute atomic E-state index is 0.0165. The summed E-state index contributed by atoms with van der Waals surface area (Å²) in [6.45, 7) is 0. The Bertz CT molecular complexity index is 217. The van der Waals surface area contributed by atoms with Gasteiger partial charge in [0, 0.05) is 12.1 Å². The van der Waals surface area contributed by atoms with Crippen LogP contribution in [0.5, 0.6) is 0 Å². The van der Waals surface area contributed by atoms with Gasteiger partial charge in [0.15, 0.2) is 0 Å². The van der Waals surface area contributed by atoms with Crippen molar-refractivity contribution in [3.05, 3.63) is 0 Å². The molecular weight excluding hydrogens is 166 g/mol. The van der Waals surface area contributed by atoms with Crippen molar-refractivity contribution in [2.24, 2.45) is 5.92 Å². The predicted molar refractivity (Wildman–Crippen MR) is 49.3 cm³/mol. The number of piperidine rings is 1. The quantitative estimate of drug-likeness (QED) is 0.569. The van der Waals surface area contributed by atoms with E-state index in [-0.39, 0.29) is 11.9 Å². The highest BCUT2D eigenvalue weighted by Gasteiger charge is 2.43. The number of hydrogen-bond donors (Lipinski definition) is 0. The minimum atomic E-state index is -0.0165. The summed E-state index contributed by atoms with van der Waals surface area (Å²) in [5.74, 6) is 0.117. The second-order valence-electron chi connectivity index (χ2n) is 4.17. The third-order valence-electron chi connectivity index (χ3n) is 3.67. The molecule has 74 valence electrons. The summed E-state index contributed by atoms with van der Waals surface area (Å²) < 4.78 is 4.82. The lowest BCUT2D eigenvalue weighted by atomic mass is 9.91. The molecular formula is C10H17NO2. The number of esters is 1. The van der Waals surface area contributed by atoms with Crippen LogP contribution in [0, 0.1) is 5.92 Å². The molecule has 0 aliphatic carbocycles. The van der Waals surface area contributed by atoms with Crippen LogP contribution in [0.15, 0.2) is 0 Å². The maximum Gasteiger partial charge on any atom is 0.310 e. The van der Waals surface area contributed by atoms with E-state index >= 15 is 0 Å². The molecule has 0 N–H and O–H groups in total. The van der Waals surface area contributed by atoms with E-state index < -0.39 is 0 Å². The number of hydrogen-bond acceptors (Lipinski definition) is 3. The van der Waals surface area contributed by atoms with Crippen molar-refractivity contribution in [3.63, 3.8) is 0 Å². The van der Waals surface area contributed by atoms with Crippen LogP contribution in [0.2, 0.25) is 0 Å². The summed E-state index contributed by atoms with van der Waals surface area (Å²) in [4.78, 5) is 13.8. The molecule has 2 fully saturated rings. The molecule has 0 amide bonds. The van der Waals surface area contributed by atoms with Gasteiger partial charge >= 0.3 is 5.97 Å². The summed E-state index contributed by atoms with van der Waals surface area (Å²) in [7, 11) is 3.63. The smallest absolute Gasteiger partial charge is 0.310 e. The van der Waals surface area contributed by atoms with E-state index in [1.165, 1.54) is 20.0 Å². The third-order valence-corrected chi connectivity index (χ3v) is 3.67. The summed E-state index contributed by atoms with van der Waals surface area (Å²) in [6.07, 6.45) is 4.61.